The molecule has 2 heterocycles. The number of aromatic nitrogens is 4. The van der Waals surface area contributed by atoms with Crippen LogP contribution in [0.2, 0.25) is 0 Å². The van der Waals surface area contributed by atoms with E-state index >= 15 is 0 Å². The fourth-order valence-electron chi connectivity index (χ4n) is 3.11. The van der Waals surface area contributed by atoms with Gasteiger partial charge in [-0.2, -0.15) is 9.50 Å². The lowest BCUT2D eigenvalue weighted by Crippen LogP contribution is -2.37. The van der Waals surface area contributed by atoms with Crippen LogP contribution in [0.4, 0.5) is 4.39 Å². The van der Waals surface area contributed by atoms with Crippen LogP contribution in [0, 0.1) is 19.7 Å². The number of carbonyl (C=O) groups excluding carboxylic acids is 1. The molecular formula is C20H24FN5O2. The van der Waals surface area contributed by atoms with Crippen LogP contribution in [0.15, 0.2) is 29.1 Å². The number of H-pyrrole nitrogens is 1. The van der Waals surface area contributed by atoms with Crippen LogP contribution < -0.4 is 10.9 Å². The summed E-state index contributed by atoms with van der Waals surface area (Å²) in [6, 6.07) is 6.37. The summed E-state index contributed by atoms with van der Waals surface area (Å²) in [4.78, 5) is 33.4. The number of carbonyl (C=O) groups is 1. The molecule has 28 heavy (non-hydrogen) atoms. The molecule has 1 aromatic carbocycles. The number of benzene rings is 1. The normalized spacial score (nSPS) is 11.8. The molecule has 7 nitrogen and oxygen atoms in total. The Hall–Kier alpha value is -3.03. The minimum absolute atomic E-state index is 0.163. The third-order valence-corrected chi connectivity index (χ3v) is 4.84. The van der Waals surface area contributed by atoms with Gasteiger partial charge < -0.3 is 5.32 Å². The molecule has 3 aromatic rings. The molecule has 0 atom stereocenters. The van der Waals surface area contributed by atoms with Gasteiger partial charge in [0, 0.05) is 23.9 Å². The Morgan fingerprint density at radius 2 is 2.04 bits per heavy atom. The van der Waals surface area contributed by atoms with E-state index in [9.17, 15) is 14.0 Å². The van der Waals surface area contributed by atoms with Crippen molar-refractivity contribution in [3.63, 3.8) is 0 Å². The average molecular weight is 385 g/mol. The van der Waals surface area contributed by atoms with Crippen molar-refractivity contribution in [1.29, 1.82) is 0 Å². The van der Waals surface area contributed by atoms with E-state index < -0.39 is 5.41 Å². The lowest BCUT2D eigenvalue weighted by molar-refractivity contribution is -0.121. The van der Waals surface area contributed by atoms with Crippen LogP contribution in [0.5, 0.6) is 0 Å². The number of amides is 1. The van der Waals surface area contributed by atoms with Crippen molar-refractivity contribution < 1.29 is 9.18 Å². The molecule has 148 valence electrons. The summed E-state index contributed by atoms with van der Waals surface area (Å²) in [6.07, 6.45) is 0.446. The molecule has 3 rings (SSSR count). The van der Waals surface area contributed by atoms with Gasteiger partial charge in [0.15, 0.2) is 0 Å². The van der Waals surface area contributed by atoms with Crippen molar-refractivity contribution in [2.45, 2.75) is 46.0 Å². The van der Waals surface area contributed by atoms with E-state index in [1.165, 1.54) is 16.6 Å². The van der Waals surface area contributed by atoms with Gasteiger partial charge in [0.1, 0.15) is 11.6 Å². The van der Waals surface area contributed by atoms with Crippen LogP contribution >= 0.6 is 0 Å². The van der Waals surface area contributed by atoms with Gasteiger partial charge in [-0.1, -0.05) is 26.0 Å². The second-order valence-corrected chi connectivity index (χ2v) is 7.60. The van der Waals surface area contributed by atoms with Gasteiger partial charge in [0.2, 0.25) is 5.91 Å². The molecular weight excluding hydrogens is 361 g/mol. The Balaban J connectivity index is 1.65. The van der Waals surface area contributed by atoms with E-state index in [-0.39, 0.29) is 30.1 Å². The SMILES string of the molecule is Cc1nc2nc(C)c(CCC(=O)NCC(C)(C)c3cccc(F)c3)c(=O)n2[nH]1. The molecule has 0 radical (unpaired) electrons. The summed E-state index contributed by atoms with van der Waals surface area (Å²) in [7, 11) is 0. The predicted octanol–water partition coefficient (Wildman–Crippen LogP) is 2.20. The quantitative estimate of drug-likeness (QED) is 0.680. The van der Waals surface area contributed by atoms with E-state index in [2.05, 4.69) is 20.4 Å². The summed E-state index contributed by atoms with van der Waals surface area (Å²) in [6.45, 7) is 7.74. The topological polar surface area (TPSA) is 92.2 Å². The number of aryl methyl sites for hydroxylation is 2. The molecule has 0 aliphatic carbocycles. The molecule has 2 N–H and O–H groups in total. The Kier molecular flexibility index (Phi) is 5.31. The lowest BCUT2D eigenvalue weighted by atomic mass is 9.84. The van der Waals surface area contributed by atoms with E-state index in [1.54, 1.807) is 19.9 Å². The maximum atomic E-state index is 13.5. The standard InChI is InChI=1S/C20H24FN5O2/c1-12-16(18(28)26-19(23-12)24-13(2)25-26)8-9-17(27)22-11-20(3,4)14-6-5-7-15(21)10-14/h5-7,10H,8-9,11H2,1-4H3,(H,22,27)(H,23,24,25). The molecule has 0 aliphatic rings. The summed E-state index contributed by atoms with van der Waals surface area (Å²) in [5.41, 5.74) is 1.22. The first kappa shape index (κ1) is 19.7. The summed E-state index contributed by atoms with van der Waals surface area (Å²) < 4.78 is 14.8. The van der Waals surface area contributed by atoms with Crippen molar-refractivity contribution in [1.82, 2.24) is 24.9 Å². The zero-order chi connectivity index (χ0) is 20.5. The van der Waals surface area contributed by atoms with E-state index in [0.29, 0.717) is 29.4 Å². The first-order valence-corrected chi connectivity index (χ1v) is 9.15. The highest BCUT2D eigenvalue weighted by molar-refractivity contribution is 5.76. The molecule has 0 bridgehead atoms. The lowest BCUT2D eigenvalue weighted by Gasteiger charge is -2.25. The van der Waals surface area contributed by atoms with Gasteiger partial charge in [-0.05, 0) is 38.0 Å². The average Bonchev–Trinajstić information content (AvgIpc) is 3.00. The molecule has 0 spiro atoms. The van der Waals surface area contributed by atoms with Gasteiger partial charge in [-0.25, -0.2) is 9.37 Å². The highest BCUT2D eigenvalue weighted by Gasteiger charge is 2.22. The zero-order valence-electron chi connectivity index (χ0n) is 16.5. The van der Waals surface area contributed by atoms with Gasteiger partial charge in [0.05, 0.1) is 5.69 Å². The third kappa shape index (κ3) is 4.11. The van der Waals surface area contributed by atoms with Crippen LogP contribution in [0.3, 0.4) is 0 Å². The Bertz CT molecular complexity index is 1080. The minimum atomic E-state index is -0.416. The molecule has 1 amide bonds. The third-order valence-electron chi connectivity index (χ3n) is 4.84. The number of nitrogens with zero attached hydrogens (tertiary/aromatic N) is 3. The van der Waals surface area contributed by atoms with Crippen LogP contribution in [0.25, 0.3) is 5.78 Å². The van der Waals surface area contributed by atoms with Crippen LogP contribution in [0.1, 0.15) is 42.9 Å². The second kappa shape index (κ2) is 7.53. The number of rotatable bonds is 6. The van der Waals surface area contributed by atoms with Gasteiger partial charge in [-0.15, -0.1) is 0 Å². The highest BCUT2D eigenvalue weighted by Crippen LogP contribution is 2.22. The molecule has 0 unspecified atom stereocenters. The molecule has 0 saturated heterocycles. The predicted molar refractivity (Wildman–Crippen MR) is 104 cm³/mol. The second-order valence-electron chi connectivity index (χ2n) is 7.60. The Labute approximate surface area is 162 Å². The first-order valence-electron chi connectivity index (χ1n) is 9.15. The van der Waals surface area contributed by atoms with Crippen molar-refractivity contribution >= 4 is 11.7 Å². The van der Waals surface area contributed by atoms with E-state index in [4.69, 9.17) is 0 Å². The maximum absolute atomic E-state index is 13.5. The van der Waals surface area contributed by atoms with Crippen molar-refractivity contribution in [2.24, 2.45) is 0 Å². The number of fused-ring (bicyclic) bond motifs is 1. The van der Waals surface area contributed by atoms with Crippen LogP contribution in [-0.2, 0) is 16.6 Å². The van der Waals surface area contributed by atoms with Gasteiger partial charge >= 0.3 is 0 Å². The number of halogens is 1. The van der Waals surface area contributed by atoms with Gasteiger partial charge in [0.25, 0.3) is 11.3 Å². The molecule has 2 aromatic heterocycles. The Morgan fingerprint density at radius 1 is 1.29 bits per heavy atom. The smallest absolute Gasteiger partial charge is 0.277 e. The fraction of sp³-hybridized carbons (Fsp3) is 0.400. The van der Waals surface area contributed by atoms with Gasteiger partial charge in [-0.3, -0.25) is 14.7 Å². The minimum Gasteiger partial charge on any atom is -0.355 e. The summed E-state index contributed by atoms with van der Waals surface area (Å²) in [5, 5.41) is 5.73. The molecule has 0 fully saturated rings. The number of hydrogen-bond acceptors (Lipinski definition) is 4. The van der Waals surface area contributed by atoms with Crippen molar-refractivity contribution in [3.8, 4) is 0 Å². The largest absolute Gasteiger partial charge is 0.355 e. The van der Waals surface area contributed by atoms with Crippen molar-refractivity contribution in [3.05, 3.63) is 63.1 Å². The number of nitrogens with one attached hydrogen (secondary N) is 2. The Morgan fingerprint density at radius 3 is 2.75 bits per heavy atom. The molecule has 0 saturated carbocycles. The van der Waals surface area contributed by atoms with Crippen LogP contribution in [-0.4, -0.2) is 32.0 Å². The monoisotopic (exact) mass is 385 g/mol. The molecule has 8 heteroatoms. The number of hydrogen-bond donors (Lipinski definition) is 2. The van der Waals surface area contributed by atoms with E-state index in [0.717, 1.165) is 5.56 Å². The highest BCUT2D eigenvalue weighted by atomic mass is 19.1. The summed E-state index contributed by atoms with van der Waals surface area (Å²) >= 11 is 0. The zero-order valence-corrected chi connectivity index (χ0v) is 16.5. The summed E-state index contributed by atoms with van der Waals surface area (Å²) in [5.74, 6) is 0.447. The van der Waals surface area contributed by atoms with E-state index in [1.807, 2.05) is 19.9 Å². The number of aromatic amines is 1. The maximum Gasteiger partial charge on any atom is 0.277 e. The molecule has 0 aliphatic heterocycles. The fourth-order valence-corrected chi connectivity index (χ4v) is 3.11. The first-order chi connectivity index (χ1) is 13.2. The van der Waals surface area contributed by atoms with Crippen molar-refractivity contribution in [2.75, 3.05) is 6.54 Å².